The molecule has 1 aliphatic heterocycles. The molecule has 6 nitrogen and oxygen atoms in total. The fourth-order valence-electron chi connectivity index (χ4n) is 5.87. The van der Waals surface area contributed by atoms with E-state index in [4.69, 9.17) is 10.7 Å². The number of nitrogens with zero attached hydrogens (tertiary/aromatic N) is 3. The van der Waals surface area contributed by atoms with E-state index in [9.17, 15) is 18.0 Å². The first-order valence-corrected chi connectivity index (χ1v) is 12.8. The van der Waals surface area contributed by atoms with Crippen molar-refractivity contribution in [2.24, 2.45) is 0 Å². The van der Waals surface area contributed by atoms with Crippen LogP contribution in [-0.4, -0.2) is 33.9 Å². The van der Waals surface area contributed by atoms with Gasteiger partial charge in [-0.2, -0.15) is 13.2 Å². The normalized spacial score (nSPS) is 17.2. The number of anilines is 2. The zero-order chi connectivity index (χ0) is 26.5. The number of halogens is 3. The second-order valence-corrected chi connectivity index (χ2v) is 10.3. The third kappa shape index (κ3) is 4.95. The Morgan fingerprint density at radius 1 is 1.11 bits per heavy atom. The van der Waals surface area contributed by atoms with Crippen molar-refractivity contribution in [3.63, 3.8) is 0 Å². The van der Waals surface area contributed by atoms with Crippen molar-refractivity contribution in [3.05, 3.63) is 57.9 Å². The molecule has 1 atom stereocenters. The fourth-order valence-corrected chi connectivity index (χ4v) is 5.87. The molecule has 1 unspecified atom stereocenters. The van der Waals surface area contributed by atoms with Gasteiger partial charge < -0.3 is 16.0 Å². The minimum Gasteiger partial charge on any atom is -0.399 e. The number of rotatable bonds is 4. The number of nitrogen functional groups attached to an aromatic ring is 1. The molecular weight excluding hydrogens is 479 g/mol. The first kappa shape index (κ1) is 25.3. The van der Waals surface area contributed by atoms with E-state index >= 15 is 0 Å². The van der Waals surface area contributed by atoms with Gasteiger partial charge in [0.05, 0.1) is 17.1 Å². The summed E-state index contributed by atoms with van der Waals surface area (Å²) >= 11 is 0. The number of hydrogen-bond donors (Lipinski definition) is 2. The number of piperidine rings is 1. The van der Waals surface area contributed by atoms with Crippen molar-refractivity contribution in [2.75, 3.05) is 24.1 Å². The number of nitrogens with two attached hydrogens (primary N) is 1. The molecule has 3 aromatic rings. The molecule has 0 bridgehead atoms. The second-order valence-electron chi connectivity index (χ2n) is 10.3. The molecule has 196 valence electrons. The molecule has 1 saturated heterocycles. The van der Waals surface area contributed by atoms with Crippen molar-refractivity contribution in [2.45, 2.75) is 71.0 Å². The highest BCUT2D eigenvalue weighted by atomic mass is 19.4. The standard InChI is InChI=1S/C28H32F3N5O/c1-15(19-11-20(28(29,30)31)13-21(32)12-19)33-27-25-14-24(18-7-9-36(10-8-18)17(3)37)22-5-4-6-23(22)26(25)34-16(2)35-27/h11-15,18H,4-10,32H2,1-3H3,(H,33,34,35). The van der Waals surface area contributed by atoms with Gasteiger partial charge in [0, 0.05) is 31.1 Å². The molecule has 2 heterocycles. The molecule has 1 aromatic heterocycles. The maximum absolute atomic E-state index is 13.4. The van der Waals surface area contributed by atoms with Crippen molar-refractivity contribution in [1.82, 2.24) is 14.9 Å². The number of carbonyl (C=O) groups excluding carboxylic acids is 1. The Kier molecular flexibility index (Phi) is 6.50. The van der Waals surface area contributed by atoms with Crippen LogP contribution in [0.1, 0.15) is 78.7 Å². The van der Waals surface area contributed by atoms with Crippen molar-refractivity contribution in [3.8, 4) is 0 Å². The van der Waals surface area contributed by atoms with Gasteiger partial charge in [0.2, 0.25) is 5.91 Å². The number of fused-ring (bicyclic) bond motifs is 3. The number of hydrogen-bond acceptors (Lipinski definition) is 5. The summed E-state index contributed by atoms with van der Waals surface area (Å²) in [6.07, 6.45) is 0.371. The van der Waals surface area contributed by atoms with Crippen LogP contribution in [-0.2, 0) is 23.8 Å². The van der Waals surface area contributed by atoms with Crippen LogP contribution in [0.2, 0.25) is 0 Å². The predicted molar refractivity (Wildman–Crippen MR) is 138 cm³/mol. The molecule has 0 saturated carbocycles. The number of likely N-dealkylation sites (tertiary alicyclic amines) is 1. The Morgan fingerprint density at radius 2 is 1.81 bits per heavy atom. The van der Waals surface area contributed by atoms with E-state index in [-0.39, 0.29) is 11.6 Å². The summed E-state index contributed by atoms with van der Waals surface area (Å²) in [5.41, 5.74) is 10.4. The van der Waals surface area contributed by atoms with Gasteiger partial charge in [0.1, 0.15) is 11.6 Å². The van der Waals surface area contributed by atoms with Gasteiger partial charge in [-0.3, -0.25) is 4.79 Å². The van der Waals surface area contributed by atoms with E-state index in [1.807, 2.05) is 18.7 Å². The molecule has 1 aliphatic carbocycles. The van der Waals surface area contributed by atoms with Gasteiger partial charge in [-0.05, 0) is 98.4 Å². The van der Waals surface area contributed by atoms with Crippen LogP contribution in [0.25, 0.3) is 10.9 Å². The lowest BCUT2D eigenvalue weighted by molar-refractivity contribution is -0.137. The van der Waals surface area contributed by atoms with E-state index in [0.29, 0.717) is 23.1 Å². The minimum absolute atomic E-state index is 0.0687. The lowest BCUT2D eigenvalue weighted by atomic mass is 9.84. The Hall–Kier alpha value is -3.36. The van der Waals surface area contributed by atoms with E-state index < -0.39 is 17.8 Å². The molecule has 37 heavy (non-hydrogen) atoms. The van der Waals surface area contributed by atoms with Crippen LogP contribution in [0.5, 0.6) is 0 Å². The Labute approximate surface area is 214 Å². The second kappa shape index (κ2) is 9.50. The van der Waals surface area contributed by atoms with Gasteiger partial charge in [0.15, 0.2) is 0 Å². The summed E-state index contributed by atoms with van der Waals surface area (Å²) in [6.45, 7) is 6.76. The Morgan fingerprint density at radius 3 is 2.49 bits per heavy atom. The summed E-state index contributed by atoms with van der Waals surface area (Å²) < 4.78 is 40.2. The average Bonchev–Trinajstić information content (AvgIpc) is 3.33. The lowest BCUT2D eigenvalue weighted by Gasteiger charge is -2.32. The van der Waals surface area contributed by atoms with Crippen molar-refractivity contribution < 1.29 is 18.0 Å². The number of aryl methyl sites for hydroxylation is 2. The van der Waals surface area contributed by atoms with E-state index in [2.05, 4.69) is 16.4 Å². The number of carbonyl (C=O) groups is 1. The van der Waals surface area contributed by atoms with E-state index in [0.717, 1.165) is 68.2 Å². The highest BCUT2D eigenvalue weighted by molar-refractivity contribution is 5.93. The smallest absolute Gasteiger partial charge is 0.399 e. The summed E-state index contributed by atoms with van der Waals surface area (Å²) in [6, 6.07) is 5.37. The largest absolute Gasteiger partial charge is 0.416 e. The van der Waals surface area contributed by atoms with E-state index in [1.54, 1.807) is 13.0 Å². The summed E-state index contributed by atoms with van der Waals surface area (Å²) in [5.74, 6) is 1.69. The van der Waals surface area contributed by atoms with Crippen LogP contribution < -0.4 is 11.1 Å². The zero-order valence-corrected chi connectivity index (χ0v) is 21.4. The lowest BCUT2D eigenvalue weighted by Crippen LogP contribution is -2.36. The number of aromatic nitrogens is 2. The molecule has 2 aliphatic rings. The third-order valence-electron chi connectivity index (χ3n) is 7.75. The Balaban J connectivity index is 1.54. The van der Waals surface area contributed by atoms with Crippen LogP contribution in [0.3, 0.4) is 0 Å². The number of nitrogens with one attached hydrogen (secondary N) is 1. The Bertz CT molecular complexity index is 1360. The zero-order valence-electron chi connectivity index (χ0n) is 21.4. The number of amides is 1. The molecule has 1 amide bonds. The van der Waals surface area contributed by atoms with Crippen LogP contribution in [0, 0.1) is 6.92 Å². The first-order chi connectivity index (χ1) is 17.5. The van der Waals surface area contributed by atoms with Crippen molar-refractivity contribution >= 4 is 28.3 Å². The topological polar surface area (TPSA) is 84.1 Å². The van der Waals surface area contributed by atoms with Crippen molar-refractivity contribution in [1.29, 1.82) is 0 Å². The highest BCUT2D eigenvalue weighted by Crippen LogP contribution is 2.41. The molecule has 9 heteroatoms. The maximum atomic E-state index is 13.4. The summed E-state index contributed by atoms with van der Waals surface area (Å²) in [5, 5.41) is 4.26. The monoisotopic (exact) mass is 511 g/mol. The molecule has 1 fully saturated rings. The highest BCUT2D eigenvalue weighted by Gasteiger charge is 2.32. The number of benzene rings is 2. The SMILES string of the molecule is CC(=O)N1CCC(c2cc3c(NC(C)c4cc(N)cc(C(F)(F)F)c4)nc(C)nc3c3c2CCC3)CC1. The molecular formula is C28H32F3N5O. The molecule has 5 rings (SSSR count). The molecule has 0 spiro atoms. The molecule has 2 aromatic carbocycles. The predicted octanol–water partition coefficient (Wildman–Crippen LogP) is 5.93. The van der Waals surface area contributed by atoms with Gasteiger partial charge in [-0.15, -0.1) is 0 Å². The van der Waals surface area contributed by atoms with Gasteiger partial charge >= 0.3 is 6.18 Å². The first-order valence-electron chi connectivity index (χ1n) is 12.8. The molecule has 3 N–H and O–H groups in total. The fraction of sp³-hybridized carbons (Fsp3) is 0.464. The van der Waals surface area contributed by atoms with E-state index in [1.165, 1.54) is 16.7 Å². The van der Waals surface area contributed by atoms with Crippen LogP contribution >= 0.6 is 0 Å². The maximum Gasteiger partial charge on any atom is 0.416 e. The van der Waals surface area contributed by atoms with Crippen LogP contribution in [0.4, 0.5) is 24.7 Å². The van der Waals surface area contributed by atoms with Crippen LogP contribution in [0.15, 0.2) is 24.3 Å². The summed E-state index contributed by atoms with van der Waals surface area (Å²) in [4.78, 5) is 23.2. The third-order valence-corrected chi connectivity index (χ3v) is 7.75. The quantitative estimate of drug-likeness (QED) is 0.425. The van der Waals surface area contributed by atoms with Gasteiger partial charge in [-0.25, -0.2) is 9.97 Å². The average molecular weight is 512 g/mol. The summed E-state index contributed by atoms with van der Waals surface area (Å²) in [7, 11) is 0. The van der Waals surface area contributed by atoms with Gasteiger partial charge in [-0.1, -0.05) is 0 Å². The minimum atomic E-state index is -4.48. The van der Waals surface area contributed by atoms with Gasteiger partial charge in [0.25, 0.3) is 0 Å². The number of alkyl halides is 3. The molecule has 0 radical (unpaired) electrons.